The van der Waals surface area contributed by atoms with Gasteiger partial charge in [-0.25, -0.2) is 4.98 Å². The molecule has 1 unspecified atom stereocenters. The van der Waals surface area contributed by atoms with Gasteiger partial charge in [-0.05, 0) is 59.7 Å². The summed E-state index contributed by atoms with van der Waals surface area (Å²) in [6.07, 6.45) is -0.332. The van der Waals surface area contributed by atoms with Crippen LogP contribution >= 0.6 is 0 Å². The molecule has 5 heterocycles. The van der Waals surface area contributed by atoms with Gasteiger partial charge in [0.25, 0.3) is 0 Å². The Morgan fingerprint density at radius 3 is 1.62 bits per heavy atom. The molecule has 6 nitrogen and oxygen atoms in total. The Kier molecular flexibility index (Phi) is 5.86. The van der Waals surface area contributed by atoms with Crippen LogP contribution in [-0.4, -0.2) is 14.1 Å². The van der Waals surface area contributed by atoms with Crippen LogP contribution in [0.25, 0.3) is 110 Å². The monoisotopic (exact) mass is 718 g/mol. The normalized spacial score (nSPS) is 14.0. The maximum absolute atomic E-state index is 6.56. The third-order valence-electron chi connectivity index (χ3n) is 11.8. The smallest absolute Gasteiger partial charge is 0.188 e. The van der Waals surface area contributed by atoms with Crippen molar-refractivity contribution in [3.8, 4) is 33.6 Å². The lowest BCUT2D eigenvalue weighted by Crippen LogP contribution is -2.29. The molecule has 0 fully saturated rings. The molecule has 1 N–H and O–H groups in total. The topological polar surface area (TPSA) is 61.1 Å². The first-order valence-corrected chi connectivity index (χ1v) is 19.0. The molecule has 0 radical (unpaired) electrons. The fourth-order valence-corrected chi connectivity index (χ4v) is 9.26. The van der Waals surface area contributed by atoms with E-state index in [1.54, 1.807) is 0 Å². The molecule has 0 saturated heterocycles. The summed E-state index contributed by atoms with van der Waals surface area (Å²) in [5.41, 5.74) is 14.2. The first kappa shape index (κ1) is 29.8. The van der Waals surface area contributed by atoms with Crippen LogP contribution in [0.15, 0.2) is 179 Å². The number of hydrogen-bond donors (Lipinski definition) is 1. The second-order valence-electron chi connectivity index (χ2n) is 14.8. The van der Waals surface area contributed by atoms with Crippen LogP contribution in [-0.2, 0) is 0 Å². The Balaban J connectivity index is 1.12. The third-order valence-corrected chi connectivity index (χ3v) is 11.8. The highest BCUT2D eigenvalue weighted by Gasteiger charge is 2.31. The molecule has 13 rings (SSSR count). The zero-order valence-corrected chi connectivity index (χ0v) is 29.9. The summed E-state index contributed by atoms with van der Waals surface area (Å²) < 4.78 is 17.9. The summed E-state index contributed by atoms with van der Waals surface area (Å²) in [5, 5.41) is 10.8. The fraction of sp³-hybridized carbons (Fsp3) is 0.0200. The van der Waals surface area contributed by atoms with Crippen LogP contribution in [0, 0.1) is 0 Å². The fourth-order valence-electron chi connectivity index (χ4n) is 9.26. The van der Waals surface area contributed by atoms with E-state index < -0.39 is 0 Å². The van der Waals surface area contributed by atoms with Crippen molar-refractivity contribution in [2.45, 2.75) is 6.29 Å². The molecular formula is C50H30N4O2. The van der Waals surface area contributed by atoms with Crippen molar-refractivity contribution in [1.82, 2.24) is 14.1 Å². The average Bonchev–Trinajstić information content (AvgIpc) is 4.02. The second-order valence-corrected chi connectivity index (χ2v) is 14.8. The molecule has 0 bridgehead atoms. The van der Waals surface area contributed by atoms with Crippen LogP contribution in [0.1, 0.15) is 6.29 Å². The van der Waals surface area contributed by atoms with Crippen molar-refractivity contribution in [3.05, 3.63) is 170 Å². The summed E-state index contributed by atoms with van der Waals surface area (Å²) in [6, 6.07) is 60.0. The summed E-state index contributed by atoms with van der Waals surface area (Å²) in [5.74, 6) is 0.937. The summed E-state index contributed by atoms with van der Waals surface area (Å²) in [7, 11) is 0. The number of benzene rings is 8. The Morgan fingerprint density at radius 2 is 0.964 bits per heavy atom. The molecule has 1 atom stereocenters. The minimum atomic E-state index is -0.332. The van der Waals surface area contributed by atoms with Crippen LogP contribution in [0.4, 0.5) is 5.69 Å². The number of fused-ring (bicyclic) bond motifs is 14. The SMILES string of the molecule is c1ccc2c(c1)NC(n1c3cc(-c4cccc5c4oc4ccccc45)ccc3c3ccc(-c4cccc5c4oc4ccccc45)cc31)n1c-2nc2ccccc21. The van der Waals surface area contributed by atoms with Gasteiger partial charge in [-0.15, -0.1) is 0 Å². The van der Waals surface area contributed by atoms with Crippen molar-refractivity contribution < 1.29 is 8.83 Å². The molecule has 6 heteroatoms. The first-order chi connectivity index (χ1) is 27.8. The predicted octanol–water partition coefficient (Wildman–Crippen LogP) is 13.4. The highest BCUT2D eigenvalue weighted by Crippen LogP contribution is 2.45. The van der Waals surface area contributed by atoms with Crippen LogP contribution in [0.5, 0.6) is 0 Å². The maximum Gasteiger partial charge on any atom is 0.188 e. The Hall–Kier alpha value is -7.57. The van der Waals surface area contributed by atoms with Gasteiger partial charge < -0.3 is 18.7 Å². The molecule has 8 aromatic carbocycles. The van der Waals surface area contributed by atoms with Crippen molar-refractivity contribution in [3.63, 3.8) is 0 Å². The Morgan fingerprint density at radius 1 is 0.429 bits per heavy atom. The third kappa shape index (κ3) is 4.02. The van der Waals surface area contributed by atoms with Crippen molar-refractivity contribution >= 4 is 82.4 Å². The highest BCUT2D eigenvalue weighted by molar-refractivity contribution is 6.14. The number of rotatable bonds is 3. The maximum atomic E-state index is 6.56. The van der Waals surface area contributed by atoms with Gasteiger partial charge in [0.1, 0.15) is 28.2 Å². The lowest BCUT2D eigenvalue weighted by Gasteiger charge is -2.32. The number of nitrogens with one attached hydrogen (secondary N) is 1. The molecule has 12 aromatic rings. The van der Waals surface area contributed by atoms with E-state index in [0.717, 1.165) is 105 Å². The number of hydrogen-bond acceptors (Lipinski definition) is 4. The molecular weight excluding hydrogens is 689 g/mol. The Bertz CT molecular complexity index is 3430. The lowest BCUT2D eigenvalue weighted by atomic mass is 9.99. The van der Waals surface area contributed by atoms with Crippen LogP contribution < -0.4 is 5.32 Å². The number of para-hydroxylation sites is 7. The first-order valence-electron chi connectivity index (χ1n) is 19.0. The lowest BCUT2D eigenvalue weighted by molar-refractivity contribution is 0.520. The predicted molar refractivity (Wildman–Crippen MR) is 228 cm³/mol. The van der Waals surface area contributed by atoms with Gasteiger partial charge in [-0.1, -0.05) is 121 Å². The number of aromatic nitrogens is 3. The minimum Gasteiger partial charge on any atom is -0.455 e. The number of anilines is 1. The molecule has 0 saturated carbocycles. The molecule has 1 aliphatic rings. The van der Waals surface area contributed by atoms with Gasteiger partial charge in [0.05, 0.1) is 22.1 Å². The van der Waals surface area contributed by atoms with Crippen molar-refractivity contribution in [1.29, 1.82) is 0 Å². The van der Waals surface area contributed by atoms with E-state index in [-0.39, 0.29) is 6.29 Å². The van der Waals surface area contributed by atoms with Crippen molar-refractivity contribution in [2.75, 3.05) is 5.32 Å². The summed E-state index contributed by atoms with van der Waals surface area (Å²) >= 11 is 0. The molecule has 0 amide bonds. The van der Waals surface area contributed by atoms with Crippen molar-refractivity contribution in [2.24, 2.45) is 0 Å². The van der Waals surface area contributed by atoms with Gasteiger partial charge in [0, 0.05) is 54.7 Å². The Labute approximate surface area is 319 Å². The van der Waals surface area contributed by atoms with E-state index in [2.05, 4.69) is 160 Å². The standard InChI is InChI=1S/C50H30N4O2/c1-4-18-40-39(13-1)49-51-41-19-5-6-20-42(41)54(49)50(52-40)53-43-27-29(31-14-9-16-37-35-11-2-7-21-45(35)55-47(31)37)23-25-33(43)34-26-24-30(28-44(34)53)32-15-10-17-38-36-12-3-8-22-46(36)56-48(32)38/h1-28,50,52H. The van der Waals surface area contributed by atoms with E-state index in [4.69, 9.17) is 13.8 Å². The van der Waals surface area contributed by atoms with E-state index >= 15 is 0 Å². The van der Waals surface area contributed by atoms with Crippen LogP contribution in [0.2, 0.25) is 0 Å². The van der Waals surface area contributed by atoms with Gasteiger partial charge in [0.15, 0.2) is 6.29 Å². The zero-order valence-electron chi connectivity index (χ0n) is 29.9. The molecule has 1 aliphatic heterocycles. The molecule has 0 aliphatic carbocycles. The molecule has 262 valence electrons. The van der Waals surface area contributed by atoms with E-state index in [9.17, 15) is 0 Å². The second kappa shape index (κ2) is 11.0. The van der Waals surface area contributed by atoms with Gasteiger partial charge in [-0.2, -0.15) is 0 Å². The minimum absolute atomic E-state index is 0.332. The molecule has 0 spiro atoms. The number of furan rings is 2. The summed E-state index contributed by atoms with van der Waals surface area (Å²) in [6.45, 7) is 0. The van der Waals surface area contributed by atoms with Gasteiger partial charge in [-0.3, -0.25) is 4.57 Å². The van der Waals surface area contributed by atoms with Gasteiger partial charge >= 0.3 is 0 Å². The number of imidazole rings is 1. The highest BCUT2D eigenvalue weighted by atomic mass is 16.3. The summed E-state index contributed by atoms with van der Waals surface area (Å²) in [4.78, 5) is 5.24. The van der Waals surface area contributed by atoms with Gasteiger partial charge in [0.2, 0.25) is 0 Å². The molecule has 4 aromatic heterocycles. The molecule has 56 heavy (non-hydrogen) atoms. The van der Waals surface area contributed by atoms with E-state index in [1.165, 1.54) is 10.8 Å². The zero-order chi connectivity index (χ0) is 36.5. The quantitative estimate of drug-likeness (QED) is 0.198. The van der Waals surface area contributed by atoms with E-state index in [1.807, 2.05) is 24.3 Å². The average molecular weight is 719 g/mol. The van der Waals surface area contributed by atoms with E-state index in [0.29, 0.717) is 0 Å². The van der Waals surface area contributed by atoms with Crippen LogP contribution in [0.3, 0.4) is 0 Å². The largest absolute Gasteiger partial charge is 0.455 e. The number of nitrogens with zero attached hydrogens (tertiary/aromatic N) is 3.